The molecule has 1 heterocycles. The van der Waals surface area contributed by atoms with Crippen LogP contribution in [0.3, 0.4) is 0 Å². The van der Waals surface area contributed by atoms with Gasteiger partial charge in [-0.1, -0.05) is 29.8 Å². The molecular formula is C15H11NO. The van der Waals surface area contributed by atoms with Crippen molar-refractivity contribution in [3.8, 4) is 0 Å². The lowest BCUT2D eigenvalue weighted by Crippen LogP contribution is -1.91. The van der Waals surface area contributed by atoms with Crippen LogP contribution < -0.4 is 0 Å². The summed E-state index contributed by atoms with van der Waals surface area (Å²) < 4.78 is 0. The van der Waals surface area contributed by atoms with Crippen LogP contribution in [-0.2, 0) is 0 Å². The van der Waals surface area contributed by atoms with Crippen LogP contribution in [0.25, 0.3) is 21.8 Å². The highest BCUT2D eigenvalue weighted by Gasteiger charge is 2.07. The first-order valence-electron chi connectivity index (χ1n) is 5.54. The summed E-state index contributed by atoms with van der Waals surface area (Å²) in [6.45, 7) is 2.02. The second-order valence-electron chi connectivity index (χ2n) is 4.18. The Balaban J connectivity index is 2.59. The van der Waals surface area contributed by atoms with E-state index in [2.05, 4.69) is 4.98 Å². The first-order chi connectivity index (χ1) is 8.29. The molecule has 3 aromatic rings. The van der Waals surface area contributed by atoms with Gasteiger partial charge in [-0.15, -0.1) is 0 Å². The molecule has 0 aliphatic carbocycles. The Morgan fingerprint density at radius 1 is 1.00 bits per heavy atom. The highest BCUT2D eigenvalue weighted by molar-refractivity contribution is 6.09. The molecule has 0 saturated carbocycles. The monoisotopic (exact) mass is 221 g/mol. The number of aryl methyl sites for hydroxylation is 1. The number of hydrogen-bond acceptors (Lipinski definition) is 2. The molecule has 0 radical (unpaired) electrons. The fourth-order valence-electron chi connectivity index (χ4n) is 2.16. The van der Waals surface area contributed by atoms with Gasteiger partial charge in [-0.25, -0.2) is 4.98 Å². The van der Waals surface area contributed by atoms with E-state index in [9.17, 15) is 4.79 Å². The van der Waals surface area contributed by atoms with Gasteiger partial charge in [0.05, 0.1) is 11.0 Å². The average Bonchev–Trinajstić information content (AvgIpc) is 2.36. The minimum atomic E-state index is 0.731. The fourth-order valence-corrected chi connectivity index (χ4v) is 2.16. The standard InChI is InChI=1S/C15H11NO/c1-10-6-7-15-12(8-10)13(9-17)11-4-2-3-5-14(11)16-15/h2-9H,1H3. The molecule has 1 aromatic heterocycles. The SMILES string of the molecule is Cc1ccc2nc3ccccc3c(C=O)c2c1. The van der Waals surface area contributed by atoms with Gasteiger partial charge in [-0.2, -0.15) is 0 Å². The summed E-state index contributed by atoms with van der Waals surface area (Å²) in [5.41, 5.74) is 3.61. The summed E-state index contributed by atoms with van der Waals surface area (Å²) in [6.07, 6.45) is 0.922. The predicted molar refractivity (Wildman–Crippen MR) is 69.4 cm³/mol. The van der Waals surface area contributed by atoms with E-state index in [4.69, 9.17) is 0 Å². The maximum absolute atomic E-state index is 11.3. The minimum Gasteiger partial charge on any atom is -0.298 e. The topological polar surface area (TPSA) is 30.0 Å². The number of para-hydroxylation sites is 1. The average molecular weight is 221 g/mol. The largest absolute Gasteiger partial charge is 0.298 e. The maximum atomic E-state index is 11.3. The molecular weight excluding hydrogens is 210 g/mol. The van der Waals surface area contributed by atoms with Crippen molar-refractivity contribution in [3.05, 3.63) is 53.6 Å². The molecule has 82 valence electrons. The maximum Gasteiger partial charge on any atom is 0.151 e. The molecule has 0 aliphatic heterocycles. The summed E-state index contributed by atoms with van der Waals surface area (Å²) in [4.78, 5) is 15.9. The summed E-state index contributed by atoms with van der Waals surface area (Å²) in [5.74, 6) is 0. The third kappa shape index (κ3) is 1.49. The molecule has 17 heavy (non-hydrogen) atoms. The van der Waals surface area contributed by atoms with E-state index < -0.39 is 0 Å². The van der Waals surface area contributed by atoms with Gasteiger partial charge >= 0.3 is 0 Å². The van der Waals surface area contributed by atoms with Crippen molar-refractivity contribution in [2.45, 2.75) is 6.92 Å². The Bertz CT molecular complexity index is 731. The molecule has 3 rings (SSSR count). The van der Waals surface area contributed by atoms with Crippen molar-refractivity contribution in [2.24, 2.45) is 0 Å². The van der Waals surface area contributed by atoms with Crippen molar-refractivity contribution in [2.75, 3.05) is 0 Å². The van der Waals surface area contributed by atoms with Crippen molar-refractivity contribution < 1.29 is 4.79 Å². The van der Waals surface area contributed by atoms with Crippen LogP contribution in [0.2, 0.25) is 0 Å². The van der Waals surface area contributed by atoms with Gasteiger partial charge in [0, 0.05) is 16.3 Å². The number of carbonyl (C=O) groups excluding carboxylic acids is 1. The summed E-state index contributed by atoms with van der Waals surface area (Å²) >= 11 is 0. The number of hydrogen-bond donors (Lipinski definition) is 0. The van der Waals surface area contributed by atoms with E-state index in [1.165, 1.54) is 0 Å². The van der Waals surface area contributed by atoms with E-state index >= 15 is 0 Å². The summed E-state index contributed by atoms with van der Waals surface area (Å²) in [6, 6.07) is 13.7. The van der Waals surface area contributed by atoms with Crippen LogP contribution >= 0.6 is 0 Å². The van der Waals surface area contributed by atoms with Crippen LogP contribution in [0.5, 0.6) is 0 Å². The third-order valence-electron chi connectivity index (χ3n) is 3.00. The Labute approximate surface area is 98.9 Å². The predicted octanol–water partition coefficient (Wildman–Crippen LogP) is 3.51. The van der Waals surface area contributed by atoms with E-state index in [0.717, 1.165) is 39.2 Å². The fraction of sp³-hybridized carbons (Fsp3) is 0.0667. The molecule has 2 nitrogen and oxygen atoms in total. The normalized spacial score (nSPS) is 10.9. The third-order valence-corrected chi connectivity index (χ3v) is 3.00. The zero-order valence-corrected chi connectivity index (χ0v) is 9.47. The molecule has 0 saturated heterocycles. The first kappa shape index (κ1) is 9.97. The van der Waals surface area contributed by atoms with Gasteiger partial charge in [0.15, 0.2) is 6.29 Å². The van der Waals surface area contributed by atoms with Gasteiger partial charge in [-0.3, -0.25) is 4.79 Å². The van der Waals surface area contributed by atoms with Crippen LogP contribution in [0.15, 0.2) is 42.5 Å². The number of carbonyl (C=O) groups is 1. The Kier molecular flexibility index (Phi) is 2.15. The van der Waals surface area contributed by atoms with Crippen molar-refractivity contribution in [3.63, 3.8) is 0 Å². The molecule has 2 heteroatoms. The van der Waals surface area contributed by atoms with Gasteiger partial charge < -0.3 is 0 Å². The molecule has 0 aliphatic rings. The van der Waals surface area contributed by atoms with Crippen molar-refractivity contribution in [1.82, 2.24) is 4.98 Å². The lowest BCUT2D eigenvalue weighted by Gasteiger charge is -2.06. The minimum absolute atomic E-state index is 0.731. The zero-order chi connectivity index (χ0) is 11.8. The number of nitrogens with zero attached hydrogens (tertiary/aromatic N) is 1. The molecule has 0 bridgehead atoms. The molecule has 0 amide bonds. The van der Waals surface area contributed by atoms with Gasteiger partial charge in [0.2, 0.25) is 0 Å². The van der Waals surface area contributed by atoms with Crippen molar-refractivity contribution in [1.29, 1.82) is 0 Å². The summed E-state index contributed by atoms with van der Waals surface area (Å²) in [5, 5.41) is 1.85. The number of aromatic nitrogens is 1. The number of fused-ring (bicyclic) bond motifs is 2. The lowest BCUT2D eigenvalue weighted by atomic mass is 10.0. The van der Waals surface area contributed by atoms with Crippen molar-refractivity contribution >= 4 is 28.1 Å². The number of pyridine rings is 1. The van der Waals surface area contributed by atoms with Gasteiger partial charge in [0.1, 0.15) is 0 Å². The van der Waals surface area contributed by atoms with Gasteiger partial charge in [-0.05, 0) is 25.1 Å². The van der Waals surface area contributed by atoms with E-state index in [1.807, 2.05) is 49.4 Å². The van der Waals surface area contributed by atoms with Gasteiger partial charge in [0.25, 0.3) is 0 Å². The molecule has 0 atom stereocenters. The number of benzene rings is 2. The summed E-state index contributed by atoms with van der Waals surface area (Å²) in [7, 11) is 0. The smallest absolute Gasteiger partial charge is 0.151 e. The number of aldehydes is 1. The number of rotatable bonds is 1. The second kappa shape index (κ2) is 3.67. The first-order valence-corrected chi connectivity index (χ1v) is 5.54. The quantitative estimate of drug-likeness (QED) is 0.465. The Morgan fingerprint density at radius 2 is 1.76 bits per heavy atom. The zero-order valence-electron chi connectivity index (χ0n) is 9.47. The lowest BCUT2D eigenvalue weighted by molar-refractivity contribution is 0.112. The Hall–Kier alpha value is -2.22. The van der Waals surface area contributed by atoms with Crippen LogP contribution in [0, 0.1) is 6.92 Å². The molecule has 2 aromatic carbocycles. The van der Waals surface area contributed by atoms with Crippen LogP contribution in [-0.4, -0.2) is 11.3 Å². The molecule has 0 fully saturated rings. The highest BCUT2D eigenvalue weighted by Crippen LogP contribution is 2.25. The van der Waals surface area contributed by atoms with Crippen LogP contribution in [0.1, 0.15) is 15.9 Å². The van der Waals surface area contributed by atoms with E-state index in [0.29, 0.717) is 0 Å². The van der Waals surface area contributed by atoms with E-state index in [-0.39, 0.29) is 0 Å². The second-order valence-corrected chi connectivity index (χ2v) is 4.18. The molecule has 0 unspecified atom stereocenters. The highest BCUT2D eigenvalue weighted by atomic mass is 16.1. The Morgan fingerprint density at radius 3 is 2.59 bits per heavy atom. The van der Waals surface area contributed by atoms with E-state index in [1.54, 1.807) is 0 Å². The molecule has 0 spiro atoms. The van der Waals surface area contributed by atoms with Crippen LogP contribution in [0.4, 0.5) is 0 Å². The molecule has 0 N–H and O–H groups in total.